The van der Waals surface area contributed by atoms with Crippen molar-refractivity contribution in [2.75, 3.05) is 26.7 Å². The molecule has 1 heterocycles. The second-order valence-corrected chi connectivity index (χ2v) is 6.17. The first-order valence-corrected chi connectivity index (χ1v) is 7.68. The molecule has 1 aromatic carbocycles. The molecule has 1 aliphatic heterocycles. The van der Waals surface area contributed by atoms with Gasteiger partial charge < -0.3 is 5.32 Å². The van der Waals surface area contributed by atoms with E-state index in [0.717, 1.165) is 22.6 Å². The van der Waals surface area contributed by atoms with Crippen molar-refractivity contribution in [2.24, 2.45) is 5.92 Å². The molecular weight excluding hydrogens is 312 g/mol. The molecule has 1 saturated heterocycles. The number of hydrogen-bond donors (Lipinski definition) is 1. The van der Waals surface area contributed by atoms with Crippen LogP contribution in [-0.4, -0.2) is 31.6 Å². The highest BCUT2D eigenvalue weighted by Crippen LogP contribution is 2.40. The lowest BCUT2D eigenvalue weighted by atomic mass is 9.93. The van der Waals surface area contributed by atoms with Gasteiger partial charge in [0.05, 0.1) is 0 Å². The van der Waals surface area contributed by atoms with Gasteiger partial charge in [-0.1, -0.05) is 40.5 Å². The number of likely N-dealkylation sites (tertiary alicyclic amines) is 1. The summed E-state index contributed by atoms with van der Waals surface area (Å²) in [6.07, 6.45) is 1.24. The maximum absolute atomic E-state index is 6.42. The largest absolute Gasteiger partial charge is 0.319 e. The van der Waals surface area contributed by atoms with Crippen LogP contribution in [0.3, 0.4) is 0 Å². The van der Waals surface area contributed by atoms with Gasteiger partial charge in [-0.25, -0.2) is 0 Å². The lowest BCUT2D eigenvalue weighted by molar-refractivity contribution is 0.238. The van der Waals surface area contributed by atoms with E-state index in [2.05, 4.69) is 45.2 Å². The Morgan fingerprint density at radius 2 is 2.28 bits per heavy atom. The molecule has 0 spiro atoms. The molecule has 1 aliphatic rings. The maximum Gasteiger partial charge on any atom is 0.0465 e. The van der Waals surface area contributed by atoms with Crippen LogP contribution in [0.2, 0.25) is 5.02 Å². The van der Waals surface area contributed by atoms with Gasteiger partial charge in [-0.05, 0) is 56.7 Å². The van der Waals surface area contributed by atoms with Gasteiger partial charge in [0.15, 0.2) is 0 Å². The van der Waals surface area contributed by atoms with Gasteiger partial charge in [0.25, 0.3) is 0 Å². The Bertz CT molecular complexity index is 411. The molecule has 0 amide bonds. The van der Waals surface area contributed by atoms with E-state index < -0.39 is 0 Å². The predicted molar refractivity (Wildman–Crippen MR) is 81.2 cm³/mol. The van der Waals surface area contributed by atoms with Crippen molar-refractivity contribution in [3.05, 3.63) is 33.3 Å². The second kappa shape index (κ2) is 6.38. The highest BCUT2D eigenvalue weighted by Gasteiger charge is 2.34. The van der Waals surface area contributed by atoms with Crippen molar-refractivity contribution < 1.29 is 0 Å². The van der Waals surface area contributed by atoms with Crippen LogP contribution in [0.25, 0.3) is 0 Å². The van der Waals surface area contributed by atoms with Crippen LogP contribution < -0.4 is 5.32 Å². The minimum absolute atomic E-state index is 0.447. The average molecular weight is 332 g/mol. The zero-order valence-corrected chi connectivity index (χ0v) is 13.3. The van der Waals surface area contributed by atoms with E-state index in [1.807, 2.05) is 13.1 Å². The Hall–Kier alpha value is -0.0900. The number of nitrogens with one attached hydrogen (secondary N) is 1. The molecular formula is C14H20BrClN2. The predicted octanol–water partition coefficient (Wildman–Crippen LogP) is 3.70. The standard InChI is InChI=1S/C14H20BrClN2/c1-3-18-7-6-10(9-17-2)14(18)12-5-4-11(15)8-13(12)16/h4-5,8,10,14,17H,3,6-7,9H2,1-2H3. The lowest BCUT2D eigenvalue weighted by Gasteiger charge is -2.28. The van der Waals surface area contributed by atoms with Crippen LogP contribution in [0.1, 0.15) is 24.9 Å². The van der Waals surface area contributed by atoms with Crippen LogP contribution >= 0.6 is 27.5 Å². The summed E-state index contributed by atoms with van der Waals surface area (Å²) in [4.78, 5) is 2.52. The summed E-state index contributed by atoms with van der Waals surface area (Å²) in [6.45, 7) is 5.52. The summed E-state index contributed by atoms with van der Waals surface area (Å²) in [7, 11) is 2.02. The van der Waals surface area contributed by atoms with E-state index >= 15 is 0 Å². The van der Waals surface area contributed by atoms with E-state index in [-0.39, 0.29) is 0 Å². The zero-order chi connectivity index (χ0) is 13.1. The number of halogens is 2. The Balaban J connectivity index is 2.31. The number of rotatable bonds is 4. The summed E-state index contributed by atoms with van der Waals surface area (Å²) < 4.78 is 1.04. The fourth-order valence-corrected chi connectivity index (χ4v) is 3.73. The van der Waals surface area contributed by atoms with Gasteiger partial charge >= 0.3 is 0 Å². The quantitative estimate of drug-likeness (QED) is 0.905. The lowest BCUT2D eigenvalue weighted by Crippen LogP contribution is -2.29. The minimum atomic E-state index is 0.447. The molecule has 2 rings (SSSR count). The van der Waals surface area contributed by atoms with Crippen LogP contribution in [0, 0.1) is 5.92 Å². The molecule has 0 saturated carbocycles. The fraction of sp³-hybridized carbons (Fsp3) is 0.571. The normalized spacial score (nSPS) is 24.7. The Kier molecular flexibility index (Phi) is 5.07. The average Bonchev–Trinajstić information content (AvgIpc) is 2.73. The molecule has 2 unspecified atom stereocenters. The second-order valence-electron chi connectivity index (χ2n) is 4.85. The first kappa shape index (κ1) is 14.3. The van der Waals surface area contributed by atoms with Gasteiger partial charge in [-0.2, -0.15) is 0 Å². The SMILES string of the molecule is CCN1CCC(CNC)C1c1ccc(Br)cc1Cl. The summed E-state index contributed by atoms with van der Waals surface area (Å²) in [5.74, 6) is 0.647. The molecule has 100 valence electrons. The van der Waals surface area contributed by atoms with E-state index in [9.17, 15) is 0 Å². The monoisotopic (exact) mass is 330 g/mol. The highest BCUT2D eigenvalue weighted by molar-refractivity contribution is 9.10. The van der Waals surface area contributed by atoms with Crippen LogP contribution in [-0.2, 0) is 0 Å². The smallest absolute Gasteiger partial charge is 0.0465 e. The Morgan fingerprint density at radius 3 is 2.89 bits per heavy atom. The third kappa shape index (κ3) is 2.90. The van der Waals surface area contributed by atoms with Gasteiger partial charge in [0, 0.05) is 15.5 Å². The van der Waals surface area contributed by atoms with Gasteiger partial charge in [0.1, 0.15) is 0 Å². The summed E-state index contributed by atoms with van der Waals surface area (Å²) in [5, 5.41) is 4.18. The summed E-state index contributed by atoms with van der Waals surface area (Å²) >= 11 is 9.89. The summed E-state index contributed by atoms with van der Waals surface area (Å²) in [6, 6.07) is 6.69. The van der Waals surface area contributed by atoms with Crippen LogP contribution in [0.5, 0.6) is 0 Å². The number of nitrogens with zero attached hydrogens (tertiary/aromatic N) is 1. The van der Waals surface area contributed by atoms with Gasteiger partial charge in [-0.3, -0.25) is 4.90 Å². The van der Waals surface area contributed by atoms with Crippen LogP contribution in [0.15, 0.2) is 22.7 Å². The maximum atomic E-state index is 6.42. The van der Waals surface area contributed by atoms with Crippen molar-refractivity contribution in [1.29, 1.82) is 0 Å². The van der Waals surface area contributed by atoms with Crippen molar-refractivity contribution in [1.82, 2.24) is 10.2 Å². The van der Waals surface area contributed by atoms with Crippen molar-refractivity contribution in [3.63, 3.8) is 0 Å². The van der Waals surface area contributed by atoms with Crippen molar-refractivity contribution in [2.45, 2.75) is 19.4 Å². The highest BCUT2D eigenvalue weighted by atomic mass is 79.9. The van der Waals surface area contributed by atoms with Gasteiger partial charge in [0.2, 0.25) is 0 Å². The molecule has 0 aromatic heterocycles. The fourth-order valence-electron chi connectivity index (χ4n) is 2.95. The Morgan fingerprint density at radius 1 is 1.50 bits per heavy atom. The molecule has 1 N–H and O–H groups in total. The number of hydrogen-bond acceptors (Lipinski definition) is 2. The topological polar surface area (TPSA) is 15.3 Å². The van der Waals surface area contributed by atoms with E-state index in [1.165, 1.54) is 18.5 Å². The number of benzene rings is 1. The Labute approximate surface area is 123 Å². The molecule has 2 nitrogen and oxygen atoms in total. The minimum Gasteiger partial charge on any atom is -0.319 e. The van der Waals surface area contributed by atoms with Crippen molar-refractivity contribution >= 4 is 27.5 Å². The third-order valence-electron chi connectivity index (χ3n) is 3.78. The molecule has 18 heavy (non-hydrogen) atoms. The first-order valence-electron chi connectivity index (χ1n) is 6.51. The molecule has 0 radical (unpaired) electrons. The molecule has 2 atom stereocenters. The van der Waals surface area contributed by atoms with E-state index in [4.69, 9.17) is 11.6 Å². The van der Waals surface area contributed by atoms with Gasteiger partial charge in [-0.15, -0.1) is 0 Å². The molecule has 0 aliphatic carbocycles. The van der Waals surface area contributed by atoms with E-state index in [0.29, 0.717) is 12.0 Å². The summed E-state index contributed by atoms with van der Waals surface area (Å²) in [5.41, 5.74) is 1.26. The van der Waals surface area contributed by atoms with Crippen LogP contribution in [0.4, 0.5) is 0 Å². The molecule has 1 fully saturated rings. The van der Waals surface area contributed by atoms with Crippen molar-refractivity contribution in [3.8, 4) is 0 Å². The molecule has 1 aromatic rings. The zero-order valence-electron chi connectivity index (χ0n) is 10.9. The third-order valence-corrected chi connectivity index (χ3v) is 4.60. The molecule has 4 heteroatoms. The first-order chi connectivity index (χ1) is 8.67. The molecule has 0 bridgehead atoms. The van der Waals surface area contributed by atoms with E-state index in [1.54, 1.807) is 0 Å².